The predicted octanol–water partition coefficient (Wildman–Crippen LogP) is 5.08. The Labute approximate surface area is 185 Å². The van der Waals surface area contributed by atoms with E-state index in [9.17, 15) is 4.79 Å². The van der Waals surface area contributed by atoms with E-state index in [0.717, 1.165) is 11.1 Å². The van der Waals surface area contributed by atoms with Gasteiger partial charge in [-0.25, -0.2) is 0 Å². The maximum absolute atomic E-state index is 11.5. The van der Waals surface area contributed by atoms with Crippen molar-refractivity contribution < 1.29 is 28.5 Å². The lowest BCUT2D eigenvalue weighted by Crippen LogP contribution is -2.51. The Hall–Kier alpha value is -2.73. The SMILES string of the molecule is C=CC(C)(C)OC(C)(C)[C@H]1COc2ccc(/C=C/C(OC)=C(/C)CC(=O)OC)cc2O1. The molecule has 1 aromatic rings. The Morgan fingerprint density at radius 1 is 1.19 bits per heavy atom. The zero-order valence-electron chi connectivity index (χ0n) is 19.6. The first-order valence-corrected chi connectivity index (χ1v) is 10.3. The molecular formula is C25H34O6. The highest BCUT2D eigenvalue weighted by molar-refractivity contribution is 5.72. The number of ether oxygens (including phenoxy) is 5. The topological polar surface area (TPSA) is 63.2 Å². The van der Waals surface area contributed by atoms with Gasteiger partial charge in [-0.3, -0.25) is 4.79 Å². The lowest BCUT2D eigenvalue weighted by atomic mass is 9.98. The van der Waals surface area contributed by atoms with E-state index >= 15 is 0 Å². The highest BCUT2D eigenvalue weighted by atomic mass is 16.6. The molecule has 170 valence electrons. The van der Waals surface area contributed by atoms with Crippen molar-refractivity contribution in [2.45, 2.75) is 58.3 Å². The van der Waals surface area contributed by atoms with Gasteiger partial charge in [-0.05, 0) is 64.0 Å². The van der Waals surface area contributed by atoms with E-state index in [-0.39, 0.29) is 18.5 Å². The average Bonchev–Trinajstić information content (AvgIpc) is 2.72. The van der Waals surface area contributed by atoms with E-state index in [2.05, 4.69) is 6.58 Å². The number of fused-ring (bicyclic) bond motifs is 1. The molecule has 0 bridgehead atoms. The lowest BCUT2D eigenvalue weighted by molar-refractivity contribution is -0.158. The van der Waals surface area contributed by atoms with Crippen LogP contribution in [-0.2, 0) is 19.0 Å². The number of esters is 1. The van der Waals surface area contributed by atoms with Crippen LogP contribution in [0.2, 0.25) is 0 Å². The van der Waals surface area contributed by atoms with Crippen LogP contribution in [0.15, 0.2) is 48.3 Å². The minimum absolute atomic E-state index is 0.170. The summed E-state index contributed by atoms with van der Waals surface area (Å²) >= 11 is 0. The van der Waals surface area contributed by atoms with Gasteiger partial charge in [0.2, 0.25) is 0 Å². The van der Waals surface area contributed by atoms with Gasteiger partial charge in [0.1, 0.15) is 18.0 Å². The minimum Gasteiger partial charge on any atom is -0.497 e. The van der Waals surface area contributed by atoms with Crippen LogP contribution in [0.3, 0.4) is 0 Å². The van der Waals surface area contributed by atoms with Crippen molar-refractivity contribution in [2.75, 3.05) is 20.8 Å². The van der Waals surface area contributed by atoms with E-state index in [0.29, 0.717) is 23.9 Å². The molecule has 1 aromatic carbocycles. The molecule has 1 heterocycles. The Balaban J connectivity index is 2.20. The van der Waals surface area contributed by atoms with Crippen LogP contribution in [0.4, 0.5) is 0 Å². The van der Waals surface area contributed by atoms with E-state index in [4.69, 9.17) is 23.7 Å². The molecule has 0 saturated heterocycles. The first-order chi connectivity index (χ1) is 14.5. The molecule has 0 radical (unpaired) electrons. The molecule has 1 atom stereocenters. The molecule has 1 aliphatic heterocycles. The molecular weight excluding hydrogens is 396 g/mol. The normalized spacial score (nSPS) is 17.2. The summed E-state index contributed by atoms with van der Waals surface area (Å²) in [6.45, 7) is 14.0. The molecule has 6 nitrogen and oxygen atoms in total. The van der Waals surface area contributed by atoms with Gasteiger partial charge in [0, 0.05) is 0 Å². The fraction of sp³-hybridized carbons (Fsp3) is 0.480. The second-order valence-corrected chi connectivity index (χ2v) is 8.57. The van der Waals surface area contributed by atoms with Crippen molar-refractivity contribution in [2.24, 2.45) is 0 Å². The lowest BCUT2D eigenvalue weighted by Gasteiger charge is -2.41. The zero-order valence-corrected chi connectivity index (χ0v) is 19.6. The summed E-state index contributed by atoms with van der Waals surface area (Å²) in [5, 5.41) is 0. The van der Waals surface area contributed by atoms with Crippen molar-refractivity contribution in [3.63, 3.8) is 0 Å². The number of hydrogen-bond donors (Lipinski definition) is 0. The predicted molar refractivity (Wildman–Crippen MR) is 121 cm³/mol. The molecule has 6 heteroatoms. The van der Waals surface area contributed by atoms with Gasteiger partial charge in [0.05, 0.1) is 26.2 Å². The van der Waals surface area contributed by atoms with Crippen molar-refractivity contribution >= 4 is 12.0 Å². The van der Waals surface area contributed by atoms with Crippen LogP contribution >= 0.6 is 0 Å². The molecule has 0 N–H and O–H groups in total. The van der Waals surface area contributed by atoms with Crippen LogP contribution < -0.4 is 9.47 Å². The molecule has 31 heavy (non-hydrogen) atoms. The number of allylic oxidation sites excluding steroid dienone is 1. The van der Waals surface area contributed by atoms with Crippen LogP contribution in [0.1, 0.15) is 46.6 Å². The van der Waals surface area contributed by atoms with Gasteiger partial charge >= 0.3 is 5.97 Å². The maximum Gasteiger partial charge on any atom is 0.309 e. The first kappa shape index (κ1) is 24.5. The zero-order chi connectivity index (χ0) is 23.2. The third-order valence-corrected chi connectivity index (χ3v) is 5.13. The van der Waals surface area contributed by atoms with Gasteiger partial charge < -0.3 is 23.7 Å². The van der Waals surface area contributed by atoms with Crippen LogP contribution in [0.25, 0.3) is 6.08 Å². The number of rotatable bonds is 9. The van der Waals surface area contributed by atoms with Gasteiger partial charge in [-0.1, -0.05) is 18.2 Å². The van der Waals surface area contributed by atoms with E-state index in [1.54, 1.807) is 13.2 Å². The van der Waals surface area contributed by atoms with E-state index in [1.165, 1.54) is 7.11 Å². The molecule has 0 aliphatic carbocycles. The monoisotopic (exact) mass is 430 g/mol. The van der Waals surface area contributed by atoms with Gasteiger partial charge in [-0.2, -0.15) is 0 Å². The number of hydrogen-bond acceptors (Lipinski definition) is 6. The summed E-state index contributed by atoms with van der Waals surface area (Å²) in [5.41, 5.74) is 0.626. The highest BCUT2D eigenvalue weighted by Gasteiger charge is 2.39. The first-order valence-electron chi connectivity index (χ1n) is 10.3. The maximum atomic E-state index is 11.5. The third kappa shape index (κ3) is 6.62. The van der Waals surface area contributed by atoms with Crippen molar-refractivity contribution in [3.8, 4) is 11.5 Å². The fourth-order valence-corrected chi connectivity index (χ4v) is 3.25. The van der Waals surface area contributed by atoms with Gasteiger partial charge in [-0.15, -0.1) is 6.58 Å². The Morgan fingerprint density at radius 2 is 1.90 bits per heavy atom. The Morgan fingerprint density at radius 3 is 2.52 bits per heavy atom. The van der Waals surface area contributed by atoms with Crippen molar-refractivity contribution in [1.29, 1.82) is 0 Å². The standard InChI is InChI=1S/C25H34O6/c1-9-24(3,4)31-25(5,6)22-16-29-20-13-11-18(15-21(20)30-22)10-12-19(27-7)17(2)14-23(26)28-8/h9-13,15,22H,1,14,16H2,2-8H3/b12-10+,19-17+/t22-/m1/s1. The molecule has 2 rings (SSSR count). The van der Waals surface area contributed by atoms with Gasteiger partial charge in [0.25, 0.3) is 0 Å². The van der Waals surface area contributed by atoms with Crippen molar-refractivity contribution in [1.82, 2.24) is 0 Å². The summed E-state index contributed by atoms with van der Waals surface area (Å²) in [7, 11) is 2.94. The average molecular weight is 431 g/mol. The fourth-order valence-electron chi connectivity index (χ4n) is 3.25. The van der Waals surface area contributed by atoms with Crippen molar-refractivity contribution in [3.05, 3.63) is 53.8 Å². The van der Waals surface area contributed by atoms with E-state index in [1.807, 2.05) is 65.0 Å². The quantitative estimate of drug-likeness (QED) is 0.236. The Kier molecular flexibility index (Phi) is 7.96. The molecule has 0 fully saturated rings. The summed E-state index contributed by atoms with van der Waals surface area (Å²) in [6, 6.07) is 5.73. The number of carbonyl (C=O) groups excluding carboxylic acids is 1. The number of carbonyl (C=O) groups is 1. The molecule has 0 aromatic heterocycles. The molecule has 1 aliphatic rings. The second kappa shape index (κ2) is 10.1. The molecule has 0 unspecified atom stereocenters. The van der Waals surface area contributed by atoms with E-state index < -0.39 is 11.2 Å². The van der Waals surface area contributed by atoms with Crippen LogP contribution in [0.5, 0.6) is 11.5 Å². The minimum atomic E-state index is -0.585. The number of benzene rings is 1. The summed E-state index contributed by atoms with van der Waals surface area (Å²) in [5.74, 6) is 1.65. The number of methoxy groups -OCH3 is 2. The van der Waals surface area contributed by atoms with Crippen LogP contribution in [-0.4, -0.2) is 44.1 Å². The third-order valence-electron chi connectivity index (χ3n) is 5.13. The molecule has 0 saturated carbocycles. The highest BCUT2D eigenvalue weighted by Crippen LogP contribution is 2.37. The Bertz CT molecular complexity index is 863. The molecule has 0 spiro atoms. The summed E-state index contributed by atoms with van der Waals surface area (Å²) < 4.78 is 28.5. The smallest absolute Gasteiger partial charge is 0.309 e. The largest absolute Gasteiger partial charge is 0.497 e. The summed E-state index contributed by atoms with van der Waals surface area (Å²) in [6.07, 6.45) is 5.38. The van der Waals surface area contributed by atoms with Gasteiger partial charge in [0.15, 0.2) is 17.6 Å². The molecule has 0 amide bonds. The summed E-state index contributed by atoms with van der Waals surface area (Å²) in [4.78, 5) is 11.5. The second-order valence-electron chi connectivity index (χ2n) is 8.57. The van der Waals surface area contributed by atoms with Crippen LogP contribution in [0, 0.1) is 0 Å².